The Hall–Kier alpha value is -4.00. The Balaban J connectivity index is 0.000000479. The Bertz CT molecular complexity index is 1510. The van der Waals surface area contributed by atoms with Crippen LogP contribution in [0.25, 0.3) is 11.0 Å². The van der Waals surface area contributed by atoms with Crippen LogP contribution in [0.5, 0.6) is 11.5 Å². The third-order valence-electron chi connectivity index (χ3n) is 4.48. The van der Waals surface area contributed by atoms with E-state index in [0.29, 0.717) is 37.3 Å². The number of nitrogens with one attached hydrogen (secondary N) is 2. The number of hydrazine groups is 1. The Kier molecular flexibility index (Phi) is 8.48. The first kappa shape index (κ1) is 27.6. The molecule has 2 aromatic carbocycles. The minimum atomic E-state index is -5.08. The van der Waals surface area contributed by atoms with Gasteiger partial charge in [-0.3, -0.25) is 10.5 Å². The number of nitrogens with zero attached hydrogens (tertiary/aromatic N) is 4. The van der Waals surface area contributed by atoms with Gasteiger partial charge in [-0.25, -0.2) is 20.0 Å². The van der Waals surface area contributed by atoms with Crippen LogP contribution < -0.4 is 16.0 Å². The zero-order valence-electron chi connectivity index (χ0n) is 18.1. The molecule has 0 unspecified atom stereocenters. The zero-order valence-corrected chi connectivity index (χ0v) is 20.4. The van der Waals surface area contributed by atoms with E-state index in [0.717, 1.165) is 0 Å². The number of carbonyl (C=O) groups is 1. The van der Waals surface area contributed by atoms with Gasteiger partial charge in [0.15, 0.2) is 17.2 Å². The molecule has 0 aliphatic carbocycles. The van der Waals surface area contributed by atoms with Crippen LogP contribution in [0, 0.1) is 17.1 Å². The van der Waals surface area contributed by atoms with Crippen LogP contribution in [-0.4, -0.2) is 37.4 Å². The Morgan fingerprint density at radius 2 is 2.03 bits per heavy atom. The van der Waals surface area contributed by atoms with Crippen molar-refractivity contribution in [3.05, 3.63) is 68.7 Å². The summed E-state index contributed by atoms with van der Waals surface area (Å²) in [6.07, 6.45) is -3.35. The largest absolute Gasteiger partial charge is 0.490 e. The second kappa shape index (κ2) is 11.4. The van der Waals surface area contributed by atoms with E-state index in [1.54, 1.807) is 18.3 Å². The topological polar surface area (TPSA) is 163 Å². The monoisotopic (exact) mass is 601 g/mol. The average molecular weight is 603 g/mol. The number of carboxylic acids is 1. The van der Waals surface area contributed by atoms with E-state index in [1.807, 2.05) is 6.07 Å². The molecule has 0 saturated carbocycles. The number of halogens is 6. The maximum atomic E-state index is 15.3. The third kappa shape index (κ3) is 6.82. The van der Waals surface area contributed by atoms with Gasteiger partial charge < -0.3 is 9.84 Å². The molecule has 0 radical (unpaired) electrons. The third-order valence-corrected chi connectivity index (χ3v) is 5.32. The van der Waals surface area contributed by atoms with Crippen molar-refractivity contribution in [2.75, 3.05) is 5.43 Å². The van der Waals surface area contributed by atoms with Gasteiger partial charge in [0.1, 0.15) is 5.75 Å². The van der Waals surface area contributed by atoms with E-state index in [2.05, 4.69) is 41.5 Å². The molecule has 0 fully saturated rings. The fraction of sp³-hybridized carbons (Fsp3) is 0.0952. The fourth-order valence-electron chi connectivity index (χ4n) is 2.85. The number of nitrogens with two attached hydrogens (primary N) is 1. The molecular weight excluding hydrogens is 590 g/mol. The number of carboxylic acid groups (broad SMARTS) is 1. The van der Waals surface area contributed by atoms with Crippen LogP contribution in [0.1, 0.15) is 16.8 Å². The number of hydrogen-bond acceptors (Lipinski definition) is 8. The van der Waals surface area contributed by atoms with Crippen molar-refractivity contribution in [3.8, 4) is 17.6 Å². The number of H-pyrrole nitrogens is 1. The van der Waals surface area contributed by atoms with E-state index < -0.39 is 18.0 Å². The lowest BCUT2D eigenvalue weighted by Gasteiger charge is -2.12. The number of benzene rings is 2. The highest BCUT2D eigenvalue weighted by Crippen LogP contribution is 2.36. The van der Waals surface area contributed by atoms with Crippen LogP contribution >= 0.6 is 27.5 Å². The minimum absolute atomic E-state index is 0.0237. The predicted octanol–water partition coefficient (Wildman–Crippen LogP) is 5.08. The lowest BCUT2D eigenvalue weighted by atomic mass is 10.1. The number of aromatic nitrogens is 4. The van der Waals surface area contributed by atoms with Crippen molar-refractivity contribution in [3.63, 3.8) is 0 Å². The normalized spacial score (nSPS) is 10.9. The van der Waals surface area contributed by atoms with E-state index in [1.165, 1.54) is 18.2 Å². The number of aromatic amines is 1. The molecule has 0 atom stereocenters. The van der Waals surface area contributed by atoms with Crippen molar-refractivity contribution in [2.24, 2.45) is 5.84 Å². The average Bonchev–Trinajstić information content (AvgIpc) is 3.24. The molecule has 0 aliphatic heterocycles. The molecule has 192 valence electrons. The van der Waals surface area contributed by atoms with Crippen molar-refractivity contribution < 1.29 is 32.2 Å². The molecule has 4 rings (SSSR count). The summed E-state index contributed by atoms with van der Waals surface area (Å²) >= 11 is 9.31. The van der Waals surface area contributed by atoms with Gasteiger partial charge in [-0.05, 0) is 45.8 Å². The Labute approximate surface area is 218 Å². The first-order chi connectivity index (χ1) is 17.4. The van der Waals surface area contributed by atoms with E-state index in [4.69, 9.17) is 37.3 Å². The van der Waals surface area contributed by atoms with Gasteiger partial charge >= 0.3 is 12.1 Å². The first-order valence-electron chi connectivity index (χ1n) is 9.75. The fourth-order valence-corrected chi connectivity index (χ4v) is 3.46. The summed E-state index contributed by atoms with van der Waals surface area (Å²) in [5.41, 5.74) is 4.05. The Morgan fingerprint density at radius 1 is 1.32 bits per heavy atom. The number of aliphatic carboxylic acids is 1. The van der Waals surface area contributed by atoms with Gasteiger partial charge in [0, 0.05) is 17.6 Å². The lowest BCUT2D eigenvalue weighted by Crippen LogP contribution is -2.21. The molecule has 5 N–H and O–H groups in total. The van der Waals surface area contributed by atoms with Crippen molar-refractivity contribution in [1.29, 1.82) is 5.26 Å². The second-order valence-corrected chi connectivity index (χ2v) is 8.28. The van der Waals surface area contributed by atoms with Crippen LogP contribution in [0.4, 0.5) is 23.5 Å². The van der Waals surface area contributed by atoms with Gasteiger partial charge in [0.2, 0.25) is 5.95 Å². The number of hydrogen-bond donors (Lipinski definition) is 4. The summed E-state index contributed by atoms with van der Waals surface area (Å²) in [6, 6.07) is 9.76. The van der Waals surface area contributed by atoms with Crippen molar-refractivity contribution in [1.82, 2.24) is 20.2 Å². The molecule has 2 heterocycles. The number of fused-ring (bicyclic) bond motifs is 1. The van der Waals surface area contributed by atoms with Gasteiger partial charge in [0.05, 0.1) is 27.2 Å². The summed E-state index contributed by atoms with van der Waals surface area (Å²) in [5, 5.41) is 24.2. The van der Waals surface area contributed by atoms with Gasteiger partial charge in [0.25, 0.3) is 0 Å². The molecule has 2 aromatic heterocycles. The van der Waals surface area contributed by atoms with Crippen LogP contribution in [0.2, 0.25) is 5.02 Å². The number of nitriles is 1. The number of nitrogen functional groups attached to an aromatic ring is 1. The Morgan fingerprint density at radius 3 is 2.65 bits per heavy atom. The first-order valence-corrected chi connectivity index (χ1v) is 10.9. The molecule has 0 spiro atoms. The van der Waals surface area contributed by atoms with Crippen LogP contribution in [0.3, 0.4) is 0 Å². The van der Waals surface area contributed by atoms with Gasteiger partial charge in [-0.15, -0.1) is 0 Å². The summed E-state index contributed by atoms with van der Waals surface area (Å²) < 4.78 is 53.1. The second-order valence-electron chi connectivity index (χ2n) is 6.99. The summed E-state index contributed by atoms with van der Waals surface area (Å²) in [5.74, 6) is 2.44. The van der Waals surface area contributed by atoms with Crippen molar-refractivity contribution >= 4 is 50.5 Å². The number of alkyl halides is 3. The molecule has 0 saturated heterocycles. The van der Waals surface area contributed by atoms with E-state index >= 15 is 4.39 Å². The maximum Gasteiger partial charge on any atom is 0.490 e. The summed E-state index contributed by atoms with van der Waals surface area (Å²) in [4.78, 5) is 17.1. The van der Waals surface area contributed by atoms with Gasteiger partial charge in [-0.2, -0.15) is 28.5 Å². The molecule has 0 bridgehead atoms. The zero-order chi connectivity index (χ0) is 27.3. The standard InChI is InChI=1S/C19H12BrClFN7O.C2HF3O2/c20-14-2-1-10(5-15-13-8-25-19(27-24)26-18(13)29-28-15)16(22)17(14)30-12-4-9(7-23)3-11(21)6-12;3-2(4,5)1(6)7/h1-4,6,8H,5,24H2,(H2,25,26,27,28,29);(H,6,7). The highest BCUT2D eigenvalue weighted by Gasteiger charge is 2.38. The van der Waals surface area contributed by atoms with E-state index in [9.17, 15) is 13.2 Å². The molecule has 4 aromatic rings. The SMILES string of the molecule is N#Cc1cc(Cl)cc(Oc2c(Br)ccc(Cc3n[nH]c4nc(NN)ncc34)c2F)c1.O=C(O)C(F)(F)F. The molecule has 0 amide bonds. The predicted molar refractivity (Wildman–Crippen MR) is 126 cm³/mol. The molecule has 10 nitrogen and oxygen atoms in total. The number of ether oxygens (including phenoxy) is 1. The molecular formula is C21H13BrClF4N7O3. The smallest absolute Gasteiger partial charge is 0.475 e. The number of rotatable bonds is 5. The molecule has 0 aliphatic rings. The van der Waals surface area contributed by atoms with E-state index in [-0.39, 0.29) is 23.9 Å². The quantitative estimate of drug-likeness (QED) is 0.139. The van der Waals surface area contributed by atoms with Gasteiger partial charge in [-0.1, -0.05) is 17.7 Å². The highest BCUT2D eigenvalue weighted by molar-refractivity contribution is 9.10. The lowest BCUT2D eigenvalue weighted by molar-refractivity contribution is -0.192. The highest BCUT2D eigenvalue weighted by atomic mass is 79.9. The summed E-state index contributed by atoms with van der Waals surface area (Å²) in [6.45, 7) is 0. The molecule has 16 heteroatoms. The molecule has 37 heavy (non-hydrogen) atoms. The van der Waals surface area contributed by atoms with Crippen LogP contribution in [0.15, 0.2) is 41.0 Å². The summed E-state index contributed by atoms with van der Waals surface area (Å²) in [7, 11) is 0. The van der Waals surface area contributed by atoms with Crippen molar-refractivity contribution in [2.45, 2.75) is 12.6 Å². The minimum Gasteiger partial charge on any atom is -0.475 e. The number of anilines is 1. The maximum absolute atomic E-state index is 15.3. The van der Waals surface area contributed by atoms with Crippen LogP contribution in [-0.2, 0) is 11.2 Å².